The maximum Gasteiger partial charge on any atom is 0.195 e. The van der Waals surface area contributed by atoms with Crippen molar-refractivity contribution in [3.8, 4) is 5.75 Å². The van der Waals surface area contributed by atoms with Crippen LogP contribution in [0.2, 0.25) is 0 Å². The third-order valence-corrected chi connectivity index (χ3v) is 6.55. The number of aromatic nitrogens is 1. The van der Waals surface area contributed by atoms with Gasteiger partial charge in [0.15, 0.2) is 11.6 Å². The van der Waals surface area contributed by atoms with Gasteiger partial charge >= 0.3 is 0 Å². The number of aromatic amines is 1. The lowest BCUT2D eigenvalue weighted by Gasteiger charge is -2.33. The van der Waals surface area contributed by atoms with E-state index in [0.29, 0.717) is 41.3 Å². The average Bonchev–Trinajstić information content (AvgIpc) is 3.12. The van der Waals surface area contributed by atoms with Gasteiger partial charge in [0.05, 0.1) is 24.3 Å². The molecule has 6 nitrogen and oxygen atoms in total. The number of hydrogen-bond donors (Lipinski definition) is 2. The zero-order chi connectivity index (χ0) is 21.9. The van der Waals surface area contributed by atoms with Crippen molar-refractivity contribution >= 4 is 28.2 Å². The van der Waals surface area contributed by atoms with Gasteiger partial charge < -0.3 is 20.2 Å². The smallest absolute Gasteiger partial charge is 0.195 e. The van der Waals surface area contributed by atoms with Crippen LogP contribution in [0.4, 0.5) is 5.69 Å². The Bertz CT molecular complexity index is 1230. The number of ether oxygens (including phenoxy) is 2. The van der Waals surface area contributed by atoms with Gasteiger partial charge in [-0.3, -0.25) is 9.59 Å². The van der Waals surface area contributed by atoms with Crippen LogP contribution in [-0.2, 0) is 10.2 Å². The van der Waals surface area contributed by atoms with Gasteiger partial charge in [-0.05, 0) is 36.8 Å². The van der Waals surface area contributed by atoms with Crippen molar-refractivity contribution in [1.82, 2.24) is 4.98 Å². The van der Waals surface area contributed by atoms with Crippen molar-refractivity contribution in [3.05, 3.63) is 58.3 Å². The van der Waals surface area contributed by atoms with E-state index in [2.05, 4.69) is 18.8 Å². The monoisotopic (exact) mass is 418 g/mol. The normalized spacial score (nSPS) is 18.0. The van der Waals surface area contributed by atoms with Gasteiger partial charge in [-0.25, -0.2) is 0 Å². The summed E-state index contributed by atoms with van der Waals surface area (Å²) < 4.78 is 11.7. The molecule has 1 saturated heterocycles. The van der Waals surface area contributed by atoms with Gasteiger partial charge in [-0.2, -0.15) is 0 Å². The summed E-state index contributed by atoms with van der Waals surface area (Å²) in [7, 11) is 0. The molecule has 1 fully saturated rings. The molecule has 3 N–H and O–H groups in total. The number of H-pyrrole nitrogens is 1. The van der Waals surface area contributed by atoms with Crippen LogP contribution in [0.15, 0.2) is 30.3 Å². The molecule has 2 heterocycles. The van der Waals surface area contributed by atoms with Crippen LogP contribution in [0.25, 0.3) is 10.9 Å². The van der Waals surface area contributed by atoms with Gasteiger partial charge in [-0.15, -0.1) is 0 Å². The number of fused-ring (bicyclic) bond motifs is 4. The summed E-state index contributed by atoms with van der Waals surface area (Å²) in [6.07, 6.45) is 1.56. The Morgan fingerprint density at radius 3 is 2.65 bits per heavy atom. The fraction of sp³-hybridized carbons (Fsp3) is 0.360. The quantitative estimate of drug-likeness (QED) is 0.486. The highest BCUT2D eigenvalue weighted by Gasteiger charge is 2.41. The lowest BCUT2D eigenvalue weighted by molar-refractivity contribution is 0.0252. The molecule has 0 spiro atoms. The first kappa shape index (κ1) is 19.8. The van der Waals surface area contributed by atoms with Gasteiger partial charge in [-0.1, -0.05) is 19.9 Å². The Kier molecular flexibility index (Phi) is 4.45. The molecule has 31 heavy (non-hydrogen) atoms. The molecule has 2 aromatic carbocycles. The minimum atomic E-state index is -0.477. The van der Waals surface area contributed by atoms with Crippen molar-refractivity contribution in [3.63, 3.8) is 0 Å². The SMILES string of the molecule is CC(=O)c1cc2c(cc1OC1CCOCC1)C(C)(C)c1[nH]c3cc(N)ccc3c1C2=O. The molecular formula is C25H26N2O4. The summed E-state index contributed by atoms with van der Waals surface area (Å²) >= 11 is 0. The van der Waals surface area contributed by atoms with E-state index >= 15 is 0 Å². The summed E-state index contributed by atoms with van der Waals surface area (Å²) in [5, 5.41) is 0.847. The third-order valence-electron chi connectivity index (χ3n) is 6.55. The number of hydrogen-bond acceptors (Lipinski definition) is 5. The van der Waals surface area contributed by atoms with Gasteiger partial charge in [0, 0.05) is 46.1 Å². The number of rotatable bonds is 3. The van der Waals surface area contributed by atoms with E-state index in [0.717, 1.165) is 35.0 Å². The molecule has 0 atom stereocenters. The minimum absolute atomic E-state index is 0.00100. The van der Waals surface area contributed by atoms with E-state index in [4.69, 9.17) is 15.2 Å². The topological polar surface area (TPSA) is 94.4 Å². The first-order valence-electron chi connectivity index (χ1n) is 10.7. The molecule has 2 aliphatic rings. The zero-order valence-electron chi connectivity index (χ0n) is 18.0. The van der Waals surface area contributed by atoms with Crippen LogP contribution in [0.3, 0.4) is 0 Å². The standard InChI is InChI=1S/C25H26N2O4/c1-13(28)17-11-18-19(12-21(17)31-15-6-8-30-9-7-15)25(2,3)24-22(23(18)29)16-5-4-14(26)10-20(16)27-24/h4-5,10-12,15,27H,6-9,26H2,1-3H3. The van der Waals surface area contributed by atoms with Crippen molar-refractivity contribution in [2.75, 3.05) is 18.9 Å². The van der Waals surface area contributed by atoms with Crippen LogP contribution >= 0.6 is 0 Å². The fourth-order valence-electron chi connectivity index (χ4n) is 4.82. The van der Waals surface area contributed by atoms with Crippen LogP contribution in [0.1, 0.15) is 71.1 Å². The van der Waals surface area contributed by atoms with E-state index in [1.807, 2.05) is 18.2 Å². The predicted molar refractivity (Wildman–Crippen MR) is 119 cm³/mol. The molecule has 5 rings (SSSR count). The molecule has 0 saturated carbocycles. The second kappa shape index (κ2) is 6.95. The molecule has 1 aliphatic heterocycles. The summed E-state index contributed by atoms with van der Waals surface area (Å²) in [5.41, 5.74) is 10.3. The van der Waals surface area contributed by atoms with E-state index in [1.54, 1.807) is 12.1 Å². The summed E-state index contributed by atoms with van der Waals surface area (Å²) in [5.74, 6) is 0.344. The summed E-state index contributed by atoms with van der Waals surface area (Å²) in [6.45, 7) is 6.98. The number of nitrogens with two attached hydrogens (primary N) is 1. The van der Waals surface area contributed by atoms with Gasteiger partial charge in [0.2, 0.25) is 0 Å². The predicted octanol–water partition coefficient (Wildman–Crippen LogP) is 4.38. The lowest BCUT2D eigenvalue weighted by Crippen LogP contribution is -2.31. The second-order valence-electron chi connectivity index (χ2n) is 9.01. The molecular weight excluding hydrogens is 392 g/mol. The molecule has 3 aromatic rings. The molecule has 0 bridgehead atoms. The number of benzene rings is 2. The molecule has 160 valence electrons. The van der Waals surface area contributed by atoms with E-state index in [1.165, 1.54) is 6.92 Å². The minimum Gasteiger partial charge on any atom is -0.489 e. The molecule has 0 unspecified atom stereocenters. The number of anilines is 1. The van der Waals surface area contributed by atoms with E-state index in [-0.39, 0.29) is 17.7 Å². The Morgan fingerprint density at radius 1 is 1.19 bits per heavy atom. The van der Waals surface area contributed by atoms with Gasteiger partial charge in [0.25, 0.3) is 0 Å². The molecule has 1 aliphatic carbocycles. The second-order valence-corrected chi connectivity index (χ2v) is 9.01. The number of nitrogen functional groups attached to an aromatic ring is 1. The van der Waals surface area contributed by atoms with Crippen molar-refractivity contribution in [2.24, 2.45) is 0 Å². The Morgan fingerprint density at radius 2 is 1.94 bits per heavy atom. The Hall–Kier alpha value is -3.12. The maximum atomic E-state index is 13.6. The van der Waals surface area contributed by atoms with Crippen LogP contribution in [0, 0.1) is 0 Å². The first-order chi connectivity index (χ1) is 14.8. The Balaban J connectivity index is 1.69. The van der Waals surface area contributed by atoms with Crippen LogP contribution in [-0.4, -0.2) is 35.9 Å². The third kappa shape index (κ3) is 3.05. The maximum absolute atomic E-state index is 13.6. The van der Waals surface area contributed by atoms with E-state index in [9.17, 15) is 9.59 Å². The average molecular weight is 418 g/mol. The summed E-state index contributed by atoms with van der Waals surface area (Å²) in [6, 6.07) is 9.14. The summed E-state index contributed by atoms with van der Waals surface area (Å²) in [4.78, 5) is 29.5. The van der Waals surface area contributed by atoms with Crippen LogP contribution < -0.4 is 10.5 Å². The number of Topliss-reactive ketones (excluding diaryl/α,β-unsaturated/α-hetero) is 1. The van der Waals surface area contributed by atoms with Crippen LogP contribution in [0.5, 0.6) is 5.75 Å². The lowest BCUT2D eigenvalue weighted by atomic mass is 9.70. The van der Waals surface area contributed by atoms with E-state index < -0.39 is 5.41 Å². The molecule has 1 aromatic heterocycles. The number of ketones is 2. The highest BCUT2D eigenvalue weighted by atomic mass is 16.5. The number of carbonyl (C=O) groups excluding carboxylic acids is 2. The van der Waals surface area contributed by atoms with Gasteiger partial charge in [0.1, 0.15) is 11.9 Å². The van der Waals surface area contributed by atoms with Crippen molar-refractivity contribution in [2.45, 2.75) is 45.1 Å². The van der Waals surface area contributed by atoms with Crippen molar-refractivity contribution in [1.29, 1.82) is 0 Å². The van der Waals surface area contributed by atoms with Crippen molar-refractivity contribution < 1.29 is 19.1 Å². The molecule has 0 radical (unpaired) electrons. The fourth-order valence-corrected chi connectivity index (χ4v) is 4.82. The first-order valence-corrected chi connectivity index (χ1v) is 10.7. The number of carbonyl (C=O) groups is 2. The molecule has 0 amide bonds. The zero-order valence-corrected chi connectivity index (χ0v) is 18.0. The largest absolute Gasteiger partial charge is 0.489 e. The molecule has 6 heteroatoms. The number of nitrogens with one attached hydrogen (secondary N) is 1. The highest BCUT2D eigenvalue weighted by molar-refractivity contribution is 6.21. The highest BCUT2D eigenvalue weighted by Crippen LogP contribution is 2.46. The Labute approximate surface area is 180 Å².